The van der Waals surface area contributed by atoms with Crippen LogP contribution < -0.4 is 5.32 Å². The van der Waals surface area contributed by atoms with Crippen LogP contribution in [0.25, 0.3) is 0 Å². The summed E-state index contributed by atoms with van der Waals surface area (Å²) in [5.41, 5.74) is 0. The minimum Gasteiger partial charge on any atom is -0.344 e. The van der Waals surface area contributed by atoms with Crippen molar-refractivity contribution in [2.45, 2.75) is 50.3 Å². The van der Waals surface area contributed by atoms with Crippen molar-refractivity contribution >= 4 is 23.6 Å². The van der Waals surface area contributed by atoms with Crippen LogP contribution in [0.2, 0.25) is 0 Å². The van der Waals surface area contributed by atoms with Gasteiger partial charge in [-0.15, -0.1) is 0 Å². The third-order valence-electron chi connectivity index (χ3n) is 4.44. The third kappa shape index (κ3) is 3.25. The maximum atomic E-state index is 12.6. The summed E-state index contributed by atoms with van der Waals surface area (Å²) in [6.45, 7) is 5.46. The first-order chi connectivity index (χ1) is 9.01. The fraction of sp³-hybridized carbons (Fsp3) is 0.857. The Hall–Kier alpha value is -0.710. The summed E-state index contributed by atoms with van der Waals surface area (Å²) in [5.74, 6) is 0.317. The smallest absolute Gasteiger partial charge is 0.245 e. The van der Waals surface area contributed by atoms with E-state index >= 15 is 0 Å². The highest BCUT2D eigenvalue weighted by molar-refractivity contribution is 8.00. The average molecular weight is 284 g/mol. The molecule has 4 nitrogen and oxygen atoms in total. The van der Waals surface area contributed by atoms with Crippen LogP contribution in [0, 0.1) is 5.92 Å². The molecular formula is C14H24N2O2S. The van der Waals surface area contributed by atoms with Crippen molar-refractivity contribution in [1.29, 1.82) is 0 Å². The second-order valence-corrected chi connectivity index (χ2v) is 7.10. The Morgan fingerprint density at radius 1 is 1.47 bits per heavy atom. The molecule has 5 heteroatoms. The Labute approximate surface area is 119 Å². The molecule has 0 bridgehead atoms. The van der Waals surface area contributed by atoms with Gasteiger partial charge in [-0.05, 0) is 25.0 Å². The fourth-order valence-corrected chi connectivity index (χ4v) is 3.34. The van der Waals surface area contributed by atoms with Crippen LogP contribution in [0.5, 0.6) is 0 Å². The topological polar surface area (TPSA) is 49.4 Å². The fourth-order valence-electron chi connectivity index (χ4n) is 2.54. The van der Waals surface area contributed by atoms with Gasteiger partial charge in [-0.2, -0.15) is 11.8 Å². The van der Waals surface area contributed by atoms with Gasteiger partial charge in [-0.3, -0.25) is 9.59 Å². The van der Waals surface area contributed by atoms with E-state index in [1.54, 1.807) is 0 Å². The first-order valence-corrected chi connectivity index (χ1v) is 8.37. The van der Waals surface area contributed by atoms with Gasteiger partial charge >= 0.3 is 0 Å². The van der Waals surface area contributed by atoms with E-state index < -0.39 is 0 Å². The lowest BCUT2D eigenvalue weighted by Gasteiger charge is -2.29. The van der Waals surface area contributed by atoms with Gasteiger partial charge in [0, 0.05) is 24.3 Å². The number of amides is 2. The molecule has 2 fully saturated rings. The number of hydrogen-bond acceptors (Lipinski definition) is 3. The molecule has 1 saturated carbocycles. The van der Waals surface area contributed by atoms with Crippen LogP contribution in [0.15, 0.2) is 0 Å². The number of rotatable bonds is 5. The zero-order valence-electron chi connectivity index (χ0n) is 12.1. The quantitative estimate of drug-likeness (QED) is 0.835. The highest BCUT2D eigenvalue weighted by atomic mass is 32.2. The number of hydrogen-bond donors (Lipinski definition) is 1. The van der Waals surface area contributed by atoms with E-state index in [1.807, 2.05) is 23.6 Å². The molecule has 2 aliphatic rings. The van der Waals surface area contributed by atoms with Gasteiger partial charge in [0.1, 0.15) is 6.04 Å². The normalized spacial score (nSPS) is 27.7. The van der Waals surface area contributed by atoms with Crippen LogP contribution in [0.1, 0.15) is 39.5 Å². The minimum atomic E-state index is -0.336. The molecule has 0 aromatic carbocycles. The summed E-state index contributed by atoms with van der Waals surface area (Å²) in [6, 6.07) is -0.336. The Morgan fingerprint density at radius 3 is 2.68 bits per heavy atom. The molecule has 108 valence electrons. The standard InChI is InChI=1S/C14H24N2O2S/c1-4-10(2)12-13(18)16(8-5-11(17)15-12)9-14(19-3)6-7-14/h10,12H,4-9H2,1-3H3,(H,15,17). The van der Waals surface area contributed by atoms with E-state index in [-0.39, 0.29) is 28.5 Å². The SMILES string of the molecule is CCC(C)C1NC(=O)CCN(CC2(SC)CC2)C1=O. The van der Waals surface area contributed by atoms with Gasteiger partial charge in [0.05, 0.1) is 0 Å². The Morgan fingerprint density at radius 2 is 2.16 bits per heavy atom. The van der Waals surface area contributed by atoms with Crippen LogP contribution in [0.4, 0.5) is 0 Å². The van der Waals surface area contributed by atoms with Crippen molar-refractivity contribution in [2.24, 2.45) is 5.92 Å². The second-order valence-electron chi connectivity index (χ2n) is 5.83. The largest absolute Gasteiger partial charge is 0.344 e. The number of nitrogens with zero attached hydrogens (tertiary/aromatic N) is 1. The summed E-state index contributed by atoms with van der Waals surface area (Å²) < 4.78 is 0.267. The molecule has 0 aromatic heterocycles. The third-order valence-corrected chi connectivity index (χ3v) is 5.84. The van der Waals surface area contributed by atoms with Crippen molar-refractivity contribution in [2.75, 3.05) is 19.3 Å². The highest BCUT2D eigenvalue weighted by Crippen LogP contribution is 2.47. The lowest BCUT2D eigenvalue weighted by molar-refractivity contribution is -0.135. The molecule has 2 unspecified atom stereocenters. The molecule has 2 rings (SSSR count). The van der Waals surface area contributed by atoms with Crippen molar-refractivity contribution in [3.8, 4) is 0 Å². The van der Waals surface area contributed by atoms with Gasteiger partial charge in [0.2, 0.25) is 11.8 Å². The molecular weight excluding hydrogens is 260 g/mol. The molecule has 1 aliphatic heterocycles. The highest BCUT2D eigenvalue weighted by Gasteiger charge is 2.45. The van der Waals surface area contributed by atoms with Gasteiger partial charge in [0.15, 0.2) is 0 Å². The monoisotopic (exact) mass is 284 g/mol. The van der Waals surface area contributed by atoms with Gasteiger partial charge < -0.3 is 10.2 Å². The molecule has 1 N–H and O–H groups in total. The molecule has 1 saturated heterocycles. The Kier molecular flexibility index (Phi) is 4.43. The summed E-state index contributed by atoms with van der Waals surface area (Å²) >= 11 is 1.86. The van der Waals surface area contributed by atoms with E-state index in [1.165, 1.54) is 12.8 Å². The first-order valence-electron chi connectivity index (χ1n) is 7.14. The second kappa shape index (κ2) is 5.73. The van der Waals surface area contributed by atoms with Crippen molar-refractivity contribution in [3.05, 3.63) is 0 Å². The van der Waals surface area contributed by atoms with Gasteiger partial charge in [0.25, 0.3) is 0 Å². The van der Waals surface area contributed by atoms with Gasteiger partial charge in [-0.25, -0.2) is 0 Å². The predicted molar refractivity (Wildman–Crippen MR) is 78.1 cm³/mol. The molecule has 1 aliphatic carbocycles. The van der Waals surface area contributed by atoms with E-state index in [0.29, 0.717) is 13.0 Å². The maximum absolute atomic E-state index is 12.6. The summed E-state index contributed by atoms with van der Waals surface area (Å²) in [7, 11) is 0. The van der Waals surface area contributed by atoms with E-state index in [0.717, 1.165) is 13.0 Å². The zero-order valence-corrected chi connectivity index (χ0v) is 12.9. The number of carbonyl (C=O) groups is 2. The van der Waals surface area contributed by atoms with Crippen LogP contribution in [0.3, 0.4) is 0 Å². The van der Waals surface area contributed by atoms with Crippen LogP contribution in [-0.4, -0.2) is 46.8 Å². The number of thioether (sulfide) groups is 1. The predicted octanol–water partition coefficient (Wildman–Crippen LogP) is 1.65. The molecule has 2 amide bonds. The van der Waals surface area contributed by atoms with Crippen molar-refractivity contribution in [3.63, 3.8) is 0 Å². The molecule has 2 atom stereocenters. The minimum absolute atomic E-state index is 0.00940. The summed E-state index contributed by atoms with van der Waals surface area (Å²) in [6.07, 6.45) is 5.83. The Balaban J connectivity index is 2.09. The van der Waals surface area contributed by atoms with E-state index in [4.69, 9.17) is 0 Å². The lowest BCUT2D eigenvalue weighted by Crippen LogP contribution is -2.49. The Bertz CT molecular complexity index is 368. The van der Waals surface area contributed by atoms with Crippen molar-refractivity contribution < 1.29 is 9.59 Å². The average Bonchev–Trinajstić information content (AvgIpc) is 3.20. The molecule has 0 radical (unpaired) electrons. The van der Waals surface area contributed by atoms with Crippen molar-refractivity contribution in [1.82, 2.24) is 10.2 Å². The number of carbonyl (C=O) groups excluding carboxylic acids is 2. The lowest BCUT2D eigenvalue weighted by atomic mass is 9.98. The van der Waals surface area contributed by atoms with E-state index in [2.05, 4.69) is 18.5 Å². The van der Waals surface area contributed by atoms with Gasteiger partial charge in [-0.1, -0.05) is 20.3 Å². The molecule has 0 spiro atoms. The van der Waals surface area contributed by atoms with Crippen LogP contribution >= 0.6 is 11.8 Å². The molecule has 0 aromatic rings. The van der Waals surface area contributed by atoms with Crippen LogP contribution in [-0.2, 0) is 9.59 Å². The summed E-state index contributed by atoms with van der Waals surface area (Å²) in [5, 5.41) is 2.90. The molecule has 1 heterocycles. The van der Waals surface area contributed by atoms with E-state index in [9.17, 15) is 9.59 Å². The number of nitrogens with one attached hydrogen (secondary N) is 1. The maximum Gasteiger partial charge on any atom is 0.245 e. The summed E-state index contributed by atoms with van der Waals surface area (Å²) in [4.78, 5) is 26.3. The first kappa shape index (κ1) is 14.7. The molecule has 19 heavy (non-hydrogen) atoms. The zero-order chi connectivity index (χ0) is 14.0.